The summed E-state index contributed by atoms with van der Waals surface area (Å²) in [6.07, 6.45) is 19.8. The summed E-state index contributed by atoms with van der Waals surface area (Å²) in [7, 11) is 0. The van der Waals surface area contributed by atoms with Gasteiger partial charge in [-0.25, -0.2) is 19.2 Å². The van der Waals surface area contributed by atoms with Gasteiger partial charge in [0, 0.05) is 0 Å². The van der Waals surface area contributed by atoms with Gasteiger partial charge in [-0.1, -0.05) is 117 Å². The SMILES string of the molecule is CCCCCCCCCCCOC(=O)c1cc(C(=O)O)c(C(=O)O)cc1C(=O)OCCCCCCCCCCC. The molecule has 40 heavy (non-hydrogen) atoms. The zero-order valence-corrected chi connectivity index (χ0v) is 24.6. The first-order chi connectivity index (χ1) is 19.3. The second-order valence-electron chi connectivity index (χ2n) is 10.5. The van der Waals surface area contributed by atoms with Crippen LogP contribution in [0.5, 0.6) is 0 Å². The summed E-state index contributed by atoms with van der Waals surface area (Å²) in [6.45, 7) is 4.64. The molecule has 0 unspecified atom stereocenters. The van der Waals surface area contributed by atoms with Gasteiger partial charge in [0.15, 0.2) is 0 Å². The van der Waals surface area contributed by atoms with Gasteiger partial charge in [-0.05, 0) is 25.0 Å². The zero-order valence-electron chi connectivity index (χ0n) is 24.6. The number of unbranched alkanes of at least 4 members (excludes halogenated alkanes) is 16. The van der Waals surface area contributed by atoms with Crippen LogP contribution >= 0.6 is 0 Å². The summed E-state index contributed by atoms with van der Waals surface area (Å²) in [6, 6.07) is 1.80. The molecule has 8 heteroatoms. The summed E-state index contributed by atoms with van der Waals surface area (Å²) < 4.78 is 10.7. The van der Waals surface area contributed by atoms with E-state index in [1.54, 1.807) is 0 Å². The number of carbonyl (C=O) groups excluding carboxylic acids is 2. The minimum atomic E-state index is -1.51. The summed E-state index contributed by atoms with van der Waals surface area (Å²) in [5, 5.41) is 19.0. The van der Waals surface area contributed by atoms with Gasteiger partial charge < -0.3 is 19.7 Å². The number of hydrogen-bond acceptors (Lipinski definition) is 6. The Kier molecular flexibility index (Phi) is 19.2. The highest BCUT2D eigenvalue weighted by atomic mass is 16.5. The first-order valence-electron chi connectivity index (χ1n) is 15.3. The highest BCUT2D eigenvalue weighted by Gasteiger charge is 2.27. The lowest BCUT2D eigenvalue weighted by Gasteiger charge is -2.13. The van der Waals surface area contributed by atoms with Crippen molar-refractivity contribution >= 4 is 23.9 Å². The molecule has 0 radical (unpaired) electrons. The van der Waals surface area contributed by atoms with E-state index in [1.165, 1.54) is 64.2 Å². The van der Waals surface area contributed by atoms with Gasteiger partial charge in [0.05, 0.1) is 35.5 Å². The second-order valence-corrected chi connectivity index (χ2v) is 10.5. The molecule has 2 N–H and O–H groups in total. The molecule has 8 nitrogen and oxygen atoms in total. The number of benzene rings is 1. The van der Waals surface area contributed by atoms with Crippen LogP contribution in [0.4, 0.5) is 0 Å². The van der Waals surface area contributed by atoms with Crippen molar-refractivity contribution in [2.45, 2.75) is 129 Å². The topological polar surface area (TPSA) is 127 Å². The zero-order chi connectivity index (χ0) is 29.6. The summed E-state index contributed by atoms with van der Waals surface area (Å²) >= 11 is 0. The molecule has 0 aliphatic rings. The Morgan fingerprint density at radius 1 is 0.475 bits per heavy atom. The van der Waals surface area contributed by atoms with Gasteiger partial charge in [-0.15, -0.1) is 0 Å². The predicted octanol–water partition coefficient (Wildman–Crippen LogP) is 8.46. The molecule has 0 spiro atoms. The number of esters is 2. The Bertz CT molecular complexity index is 835. The molecule has 0 bridgehead atoms. The maximum absolute atomic E-state index is 12.8. The molecule has 0 fully saturated rings. The van der Waals surface area contributed by atoms with Crippen LogP contribution in [0.3, 0.4) is 0 Å². The fraction of sp³-hybridized carbons (Fsp3) is 0.688. The van der Waals surface area contributed by atoms with Crippen molar-refractivity contribution in [2.24, 2.45) is 0 Å². The van der Waals surface area contributed by atoms with Crippen molar-refractivity contribution in [3.63, 3.8) is 0 Å². The predicted molar refractivity (Wildman–Crippen MR) is 155 cm³/mol. The van der Waals surface area contributed by atoms with E-state index >= 15 is 0 Å². The van der Waals surface area contributed by atoms with Crippen molar-refractivity contribution in [3.8, 4) is 0 Å². The third-order valence-electron chi connectivity index (χ3n) is 7.02. The lowest BCUT2D eigenvalue weighted by Crippen LogP contribution is -2.19. The number of aromatic carboxylic acids is 2. The number of hydrogen-bond donors (Lipinski definition) is 2. The Morgan fingerprint density at radius 3 is 1.02 bits per heavy atom. The number of carbonyl (C=O) groups is 4. The standard InChI is InChI=1S/C32H50O8/c1-3-5-7-9-11-13-15-17-19-21-39-31(37)27-23-25(29(33)34)26(30(35)36)24-28(27)32(38)40-22-20-18-16-14-12-10-8-6-4-2/h23-24H,3-22H2,1-2H3,(H,33,34)(H,35,36). The van der Waals surface area contributed by atoms with Crippen molar-refractivity contribution in [1.29, 1.82) is 0 Å². The van der Waals surface area contributed by atoms with Gasteiger partial charge in [0.2, 0.25) is 0 Å². The van der Waals surface area contributed by atoms with Gasteiger partial charge in [-0.2, -0.15) is 0 Å². The number of carboxylic acids is 2. The fourth-order valence-electron chi connectivity index (χ4n) is 4.60. The lowest BCUT2D eigenvalue weighted by atomic mass is 9.98. The van der Waals surface area contributed by atoms with E-state index in [-0.39, 0.29) is 24.3 Å². The number of ether oxygens (including phenoxy) is 2. The van der Waals surface area contributed by atoms with Crippen LogP contribution in [0.15, 0.2) is 12.1 Å². The average Bonchev–Trinajstić information content (AvgIpc) is 2.93. The molecule has 0 saturated heterocycles. The fourth-order valence-corrected chi connectivity index (χ4v) is 4.60. The molecule has 0 aromatic heterocycles. The molecule has 0 saturated carbocycles. The van der Waals surface area contributed by atoms with Crippen LogP contribution in [-0.2, 0) is 9.47 Å². The van der Waals surface area contributed by atoms with Crippen molar-refractivity contribution in [1.82, 2.24) is 0 Å². The molecule has 226 valence electrons. The smallest absolute Gasteiger partial charge is 0.339 e. The van der Waals surface area contributed by atoms with Gasteiger partial charge in [-0.3, -0.25) is 0 Å². The van der Waals surface area contributed by atoms with E-state index in [9.17, 15) is 29.4 Å². The maximum Gasteiger partial charge on any atom is 0.339 e. The molecular formula is C32H50O8. The quantitative estimate of drug-likeness (QED) is 0.0948. The van der Waals surface area contributed by atoms with Crippen LogP contribution in [0, 0.1) is 0 Å². The van der Waals surface area contributed by atoms with Crippen molar-refractivity contribution in [2.75, 3.05) is 13.2 Å². The van der Waals surface area contributed by atoms with E-state index < -0.39 is 35.0 Å². The minimum absolute atomic E-state index is 0.130. The average molecular weight is 563 g/mol. The first-order valence-corrected chi connectivity index (χ1v) is 15.3. The van der Waals surface area contributed by atoms with Crippen LogP contribution in [0.25, 0.3) is 0 Å². The number of carboxylic acid groups (broad SMARTS) is 2. The molecular weight excluding hydrogens is 512 g/mol. The van der Waals surface area contributed by atoms with Crippen LogP contribution in [0.2, 0.25) is 0 Å². The largest absolute Gasteiger partial charge is 0.478 e. The molecule has 1 aromatic carbocycles. The second kappa shape index (κ2) is 21.9. The highest BCUT2D eigenvalue weighted by Crippen LogP contribution is 2.21. The van der Waals surface area contributed by atoms with Gasteiger partial charge in [0.1, 0.15) is 0 Å². The summed E-state index contributed by atoms with van der Waals surface area (Å²) in [4.78, 5) is 49.0. The first kappa shape index (κ1) is 35.1. The van der Waals surface area contributed by atoms with Gasteiger partial charge in [0.25, 0.3) is 0 Å². The Labute approximate surface area is 239 Å². The maximum atomic E-state index is 12.8. The van der Waals surface area contributed by atoms with Crippen molar-refractivity contribution in [3.05, 3.63) is 34.4 Å². The number of rotatable bonds is 24. The van der Waals surface area contributed by atoms with E-state index in [4.69, 9.17) is 9.47 Å². The summed E-state index contributed by atoms with van der Waals surface area (Å²) in [5.41, 5.74) is -1.76. The third-order valence-corrected chi connectivity index (χ3v) is 7.02. The molecule has 0 aliphatic heterocycles. The Hall–Kier alpha value is -2.90. The van der Waals surface area contributed by atoms with E-state index in [0.29, 0.717) is 12.8 Å². The normalized spacial score (nSPS) is 10.8. The highest BCUT2D eigenvalue weighted by molar-refractivity contribution is 6.09. The summed E-state index contributed by atoms with van der Waals surface area (Å²) in [5.74, 6) is -4.76. The van der Waals surface area contributed by atoms with E-state index in [1.807, 2.05) is 0 Å². The van der Waals surface area contributed by atoms with Crippen LogP contribution in [0.1, 0.15) is 171 Å². The van der Waals surface area contributed by atoms with Gasteiger partial charge >= 0.3 is 23.9 Å². The van der Waals surface area contributed by atoms with Crippen molar-refractivity contribution < 1.29 is 38.9 Å². The molecule has 0 amide bonds. The van der Waals surface area contributed by atoms with E-state index in [0.717, 1.165) is 50.7 Å². The molecule has 1 aromatic rings. The molecule has 0 heterocycles. The Balaban J connectivity index is 2.67. The minimum Gasteiger partial charge on any atom is -0.478 e. The Morgan fingerprint density at radius 2 is 0.750 bits per heavy atom. The monoisotopic (exact) mass is 562 g/mol. The van der Waals surface area contributed by atoms with Crippen LogP contribution in [-0.4, -0.2) is 47.3 Å². The molecule has 0 aliphatic carbocycles. The van der Waals surface area contributed by atoms with E-state index in [2.05, 4.69) is 13.8 Å². The lowest BCUT2D eigenvalue weighted by molar-refractivity contribution is 0.0449. The third kappa shape index (κ3) is 14.5. The molecule has 1 rings (SSSR count). The van der Waals surface area contributed by atoms with Crippen LogP contribution < -0.4 is 0 Å². The molecule has 0 atom stereocenters.